The second-order valence-corrected chi connectivity index (χ2v) is 4.20. The minimum Gasteiger partial charge on any atom is -0.367 e. The van der Waals surface area contributed by atoms with Crippen LogP contribution in [0.5, 0.6) is 0 Å². The fourth-order valence-corrected chi connectivity index (χ4v) is 2.01. The maximum atomic E-state index is 13.3. The highest BCUT2D eigenvalue weighted by atomic mass is 19.1. The third-order valence-electron chi connectivity index (χ3n) is 2.91. The largest absolute Gasteiger partial charge is 0.367 e. The Morgan fingerprint density at radius 2 is 2.15 bits per heavy atom. The number of pyridine rings is 1. The van der Waals surface area contributed by atoms with Crippen LogP contribution in [0.3, 0.4) is 0 Å². The molecule has 0 fully saturated rings. The van der Waals surface area contributed by atoms with E-state index < -0.39 is 5.82 Å². The number of aromatic nitrogens is 2. The van der Waals surface area contributed by atoms with Crippen molar-refractivity contribution in [3.8, 4) is 22.4 Å². The molecule has 20 heavy (non-hydrogen) atoms. The molecule has 0 unspecified atom stereocenters. The van der Waals surface area contributed by atoms with Crippen LogP contribution in [-0.2, 0) is 0 Å². The molecule has 3 rings (SSSR count). The summed E-state index contributed by atoms with van der Waals surface area (Å²) in [6, 6.07) is 7.23. The average Bonchev–Trinajstić information content (AvgIpc) is 2.81. The number of hydrogen-bond donors (Lipinski definition) is 2. The number of benzene rings is 1. The Bertz CT molecular complexity index is 823. The number of halogens is 1. The Morgan fingerprint density at radius 1 is 1.30 bits per heavy atom. The Kier molecular flexibility index (Phi) is 2.83. The fraction of sp³-hybridized carbons (Fsp3) is 0. The molecule has 6 heteroatoms. The lowest BCUT2D eigenvalue weighted by molar-refractivity contribution is 0.439. The lowest BCUT2D eigenvalue weighted by Gasteiger charge is -2.02. The molecule has 2 aromatic heterocycles. The van der Waals surface area contributed by atoms with Crippen LogP contribution in [0, 0.1) is 5.82 Å². The first-order valence-corrected chi connectivity index (χ1v) is 5.85. The summed E-state index contributed by atoms with van der Waals surface area (Å²) >= 11 is 0. The monoisotopic (exact) mass is 271 g/mol. The van der Waals surface area contributed by atoms with Crippen LogP contribution in [0.25, 0.3) is 22.4 Å². The molecule has 0 radical (unpaired) electrons. The van der Waals surface area contributed by atoms with Crippen molar-refractivity contribution < 1.29 is 8.91 Å². The van der Waals surface area contributed by atoms with E-state index in [0.29, 0.717) is 16.7 Å². The van der Waals surface area contributed by atoms with Crippen molar-refractivity contribution in [2.45, 2.75) is 0 Å². The van der Waals surface area contributed by atoms with Gasteiger partial charge in [-0.1, -0.05) is 17.3 Å². The minimum atomic E-state index is -0.406. The zero-order chi connectivity index (χ0) is 14.1. The summed E-state index contributed by atoms with van der Waals surface area (Å²) in [4.78, 5) is 14.7. The molecular weight excluding hydrogens is 261 g/mol. The van der Waals surface area contributed by atoms with Gasteiger partial charge in [-0.25, -0.2) is 4.39 Å². The highest BCUT2D eigenvalue weighted by Crippen LogP contribution is 2.34. The van der Waals surface area contributed by atoms with Gasteiger partial charge >= 0.3 is 0 Å². The van der Waals surface area contributed by atoms with Crippen molar-refractivity contribution in [2.24, 2.45) is 0 Å². The number of rotatable bonds is 2. The van der Waals surface area contributed by atoms with Gasteiger partial charge < -0.3 is 15.2 Å². The normalized spacial score (nSPS) is 10.7. The summed E-state index contributed by atoms with van der Waals surface area (Å²) in [6.45, 7) is 0. The molecule has 0 atom stereocenters. The Morgan fingerprint density at radius 3 is 2.90 bits per heavy atom. The van der Waals surface area contributed by atoms with Crippen LogP contribution in [0.15, 0.2) is 52.0 Å². The van der Waals surface area contributed by atoms with Crippen LogP contribution >= 0.6 is 0 Å². The summed E-state index contributed by atoms with van der Waals surface area (Å²) in [5.41, 5.74) is 7.02. The molecule has 0 amide bonds. The van der Waals surface area contributed by atoms with Gasteiger partial charge in [0.15, 0.2) is 5.43 Å². The van der Waals surface area contributed by atoms with Crippen molar-refractivity contribution in [3.05, 3.63) is 58.8 Å². The number of nitrogens with two attached hydrogens (primary N) is 1. The van der Waals surface area contributed by atoms with E-state index in [1.807, 2.05) is 0 Å². The van der Waals surface area contributed by atoms with Gasteiger partial charge in [0.1, 0.15) is 11.5 Å². The first-order chi connectivity index (χ1) is 9.66. The number of nitrogens with zero attached hydrogens (tertiary/aromatic N) is 1. The van der Waals surface area contributed by atoms with Crippen molar-refractivity contribution in [1.29, 1.82) is 0 Å². The van der Waals surface area contributed by atoms with E-state index in [2.05, 4.69) is 10.1 Å². The second-order valence-electron chi connectivity index (χ2n) is 4.20. The van der Waals surface area contributed by atoms with E-state index in [1.54, 1.807) is 12.1 Å². The standard InChI is InChI=1S/C14H10FN3O2/c15-9-3-1-2-8(6-9)12-13(18-20-14(12)16)10-7-17-5-4-11(10)19/h1-7H,16H2,(H,17,19). The Hall–Kier alpha value is -2.89. The summed E-state index contributed by atoms with van der Waals surface area (Å²) in [6.07, 6.45) is 3.01. The quantitative estimate of drug-likeness (QED) is 0.749. The predicted octanol–water partition coefficient (Wildman–Crippen LogP) is 2.42. The fourth-order valence-electron chi connectivity index (χ4n) is 2.01. The molecule has 0 spiro atoms. The predicted molar refractivity (Wildman–Crippen MR) is 72.4 cm³/mol. The highest BCUT2D eigenvalue weighted by molar-refractivity contribution is 5.86. The van der Waals surface area contributed by atoms with Gasteiger partial charge in [0, 0.05) is 18.5 Å². The molecule has 0 bridgehead atoms. The zero-order valence-electron chi connectivity index (χ0n) is 10.3. The van der Waals surface area contributed by atoms with Crippen molar-refractivity contribution in [1.82, 2.24) is 10.1 Å². The van der Waals surface area contributed by atoms with Gasteiger partial charge in [0.2, 0.25) is 5.88 Å². The third kappa shape index (κ3) is 1.97. The average molecular weight is 271 g/mol. The molecule has 100 valence electrons. The molecule has 0 saturated carbocycles. The molecular formula is C14H10FN3O2. The number of hydrogen-bond acceptors (Lipinski definition) is 4. The summed E-state index contributed by atoms with van der Waals surface area (Å²) in [7, 11) is 0. The lowest BCUT2D eigenvalue weighted by Crippen LogP contribution is -2.03. The smallest absolute Gasteiger partial charge is 0.230 e. The minimum absolute atomic E-state index is 0.0360. The Labute approximate surface area is 112 Å². The molecule has 3 aromatic rings. The van der Waals surface area contributed by atoms with E-state index in [0.717, 1.165) is 0 Å². The third-order valence-corrected chi connectivity index (χ3v) is 2.91. The maximum Gasteiger partial charge on any atom is 0.230 e. The number of aromatic amines is 1. The molecule has 2 heterocycles. The van der Waals surface area contributed by atoms with Crippen LogP contribution in [0.4, 0.5) is 10.3 Å². The van der Waals surface area contributed by atoms with E-state index in [4.69, 9.17) is 10.3 Å². The summed E-state index contributed by atoms with van der Waals surface area (Å²) < 4.78 is 18.3. The van der Waals surface area contributed by atoms with Gasteiger partial charge in [-0.05, 0) is 17.7 Å². The van der Waals surface area contributed by atoms with Gasteiger partial charge in [-0.15, -0.1) is 0 Å². The molecule has 0 aliphatic rings. The van der Waals surface area contributed by atoms with Crippen molar-refractivity contribution in [3.63, 3.8) is 0 Å². The van der Waals surface area contributed by atoms with E-state index >= 15 is 0 Å². The topological polar surface area (TPSA) is 84.9 Å². The maximum absolute atomic E-state index is 13.3. The number of H-pyrrole nitrogens is 1. The lowest BCUT2D eigenvalue weighted by atomic mass is 10.0. The highest BCUT2D eigenvalue weighted by Gasteiger charge is 2.19. The molecule has 5 nitrogen and oxygen atoms in total. The van der Waals surface area contributed by atoms with Crippen LogP contribution in [-0.4, -0.2) is 10.1 Å². The molecule has 0 saturated heterocycles. The van der Waals surface area contributed by atoms with E-state index in [1.165, 1.54) is 30.6 Å². The molecule has 0 aliphatic heterocycles. The van der Waals surface area contributed by atoms with E-state index in [9.17, 15) is 9.18 Å². The van der Waals surface area contributed by atoms with Crippen LogP contribution in [0.1, 0.15) is 0 Å². The Balaban J connectivity index is 2.26. The van der Waals surface area contributed by atoms with E-state index in [-0.39, 0.29) is 17.0 Å². The number of nitrogens with one attached hydrogen (secondary N) is 1. The van der Waals surface area contributed by atoms with Gasteiger partial charge in [-0.3, -0.25) is 4.79 Å². The number of nitrogen functional groups attached to an aromatic ring is 1. The zero-order valence-corrected chi connectivity index (χ0v) is 10.3. The number of anilines is 1. The van der Waals surface area contributed by atoms with Crippen molar-refractivity contribution in [2.75, 3.05) is 5.73 Å². The van der Waals surface area contributed by atoms with Crippen LogP contribution < -0.4 is 11.2 Å². The van der Waals surface area contributed by atoms with Gasteiger partial charge in [-0.2, -0.15) is 0 Å². The molecule has 0 aliphatic carbocycles. The SMILES string of the molecule is Nc1onc(-c2c[nH]ccc2=O)c1-c1cccc(F)c1. The van der Waals surface area contributed by atoms with Crippen molar-refractivity contribution >= 4 is 5.88 Å². The van der Waals surface area contributed by atoms with Gasteiger partial charge in [0.25, 0.3) is 0 Å². The van der Waals surface area contributed by atoms with Gasteiger partial charge in [0.05, 0.1) is 11.1 Å². The molecule has 1 aromatic carbocycles. The summed E-state index contributed by atoms with van der Waals surface area (Å²) in [5, 5.41) is 3.81. The first kappa shape index (κ1) is 12.2. The second kappa shape index (κ2) is 4.65. The summed E-state index contributed by atoms with van der Waals surface area (Å²) in [5.74, 6) is -0.370. The van der Waals surface area contributed by atoms with Crippen LogP contribution in [0.2, 0.25) is 0 Å². The molecule has 3 N–H and O–H groups in total. The first-order valence-electron chi connectivity index (χ1n) is 5.85.